The zero-order chi connectivity index (χ0) is 14.0. The minimum atomic E-state index is -0.582. The lowest BCUT2D eigenvalue weighted by Crippen LogP contribution is -2.62. The van der Waals surface area contributed by atoms with Gasteiger partial charge < -0.3 is 15.0 Å². The SMILES string of the molecule is CCC1C(=O)NC(=O)CN1C(=O)COC1(C)CNC1. The van der Waals surface area contributed by atoms with Gasteiger partial charge in [-0.2, -0.15) is 0 Å². The van der Waals surface area contributed by atoms with Gasteiger partial charge in [0.2, 0.25) is 17.7 Å². The molecule has 2 rings (SSSR count). The number of nitrogens with zero attached hydrogens (tertiary/aromatic N) is 1. The van der Waals surface area contributed by atoms with Crippen LogP contribution in [-0.2, 0) is 19.1 Å². The number of carbonyl (C=O) groups excluding carboxylic acids is 3. The van der Waals surface area contributed by atoms with Crippen molar-refractivity contribution in [3.05, 3.63) is 0 Å². The van der Waals surface area contributed by atoms with Gasteiger partial charge in [0, 0.05) is 13.1 Å². The quantitative estimate of drug-likeness (QED) is 0.615. The summed E-state index contributed by atoms with van der Waals surface area (Å²) in [6.45, 7) is 4.95. The van der Waals surface area contributed by atoms with Crippen LogP contribution in [0.25, 0.3) is 0 Å². The first-order chi connectivity index (χ1) is 8.95. The van der Waals surface area contributed by atoms with Gasteiger partial charge in [-0.15, -0.1) is 0 Å². The van der Waals surface area contributed by atoms with Crippen molar-refractivity contribution >= 4 is 17.7 Å². The number of piperazine rings is 1. The molecule has 2 fully saturated rings. The third kappa shape index (κ3) is 2.93. The molecule has 2 N–H and O–H groups in total. The lowest BCUT2D eigenvalue weighted by atomic mass is 10.0. The molecule has 1 atom stereocenters. The highest BCUT2D eigenvalue weighted by Gasteiger charge is 2.38. The Morgan fingerprint density at radius 1 is 1.47 bits per heavy atom. The fourth-order valence-corrected chi connectivity index (χ4v) is 2.23. The molecule has 2 saturated heterocycles. The molecule has 0 bridgehead atoms. The molecular formula is C12H19N3O4. The minimum absolute atomic E-state index is 0.0819. The monoisotopic (exact) mass is 269 g/mol. The fraction of sp³-hybridized carbons (Fsp3) is 0.750. The highest BCUT2D eigenvalue weighted by molar-refractivity contribution is 6.04. The maximum atomic E-state index is 12.1. The molecule has 1 unspecified atom stereocenters. The summed E-state index contributed by atoms with van der Waals surface area (Å²) < 4.78 is 5.55. The number of amides is 3. The van der Waals surface area contributed by atoms with E-state index in [4.69, 9.17) is 4.74 Å². The first kappa shape index (κ1) is 14.0. The Hall–Kier alpha value is -1.47. The highest BCUT2D eigenvalue weighted by Crippen LogP contribution is 2.16. The van der Waals surface area contributed by atoms with Gasteiger partial charge in [0.15, 0.2) is 0 Å². The van der Waals surface area contributed by atoms with E-state index < -0.39 is 17.9 Å². The largest absolute Gasteiger partial charge is 0.363 e. The molecule has 0 aromatic rings. The van der Waals surface area contributed by atoms with Crippen molar-refractivity contribution < 1.29 is 19.1 Å². The molecular weight excluding hydrogens is 250 g/mol. The van der Waals surface area contributed by atoms with Crippen LogP contribution >= 0.6 is 0 Å². The molecule has 19 heavy (non-hydrogen) atoms. The van der Waals surface area contributed by atoms with Gasteiger partial charge in [-0.05, 0) is 13.3 Å². The summed E-state index contributed by atoms with van der Waals surface area (Å²) in [5, 5.41) is 5.31. The molecule has 3 amide bonds. The van der Waals surface area contributed by atoms with E-state index in [-0.39, 0.29) is 24.7 Å². The fourth-order valence-electron chi connectivity index (χ4n) is 2.23. The first-order valence-corrected chi connectivity index (χ1v) is 6.43. The molecule has 0 saturated carbocycles. The van der Waals surface area contributed by atoms with Crippen molar-refractivity contribution in [2.24, 2.45) is 0 Å². The van der Waals surface area contributed by atoms with Crippen molar-refractivity contribution in [2.75, 3.05) is 26.2 Å². The number of rotatable bonds is 4. The van der Waals surface area contributed by atoms with E-state index in [1.807, 2.05) is 6.92 Å². The Balaban J connectivity index is 1.95. The Morgan fingerprint density at radius 3 is 2.68 bits per heavy atom. The predicted molar refractivity (Wildman–Crippen MR) is 66.2 cm³/mol. The second kappa shape index (κ2) is 5.26. The van der Waals surface area contributed by atoms with Crippen LogP contribution in [0.5, 0.6) is 0 Å². The average molecular weight is 269 g/mol. The topological polar surface area (TPSA) is 87.7 Å². The number of nitrogens with one attached hydrogen (secondary N) is 2. The molecule has 0 radical (unpaired) electrons. The Labute approximate surface area is 111 Å². The van der Waals surface area contributed by atoms with E-state index in [2.05, 4.69) is 10.6 Å². The third-order valence-electron chi connectivity index (χ3n) is 3.50. The molecule has 7 heteroatoms. The molecule has 2 aliphatic heterocycles. The van der Waals surface area contributed by atoms with Crippen LogP contribution in [0.4, 0.5) is 0 Å². The zero-order valence-electron chi connectivity index (χ0n) is 11.2. The van der Waals surface area contributed by atoms with Crippen molar-refractivity contribution in [1.29, 1.82) is 0 Å². The summed E-state index contributed by atoms with van der Waals surface area (Å²) >= 11 is 0. The van der Waals surface area contributed by atoms with Crippen LogP contribution < -0.4 is 10.6 Å². The van der Waals surface area contributed by atoms with Crippen LogP contribution in [0.2, 0.25) is 0 Å². The van der Waals surface area contributed by atoms with Crippen LogP contribution in [-0.4, -0.2) is 60.5 Å². The van der Waals surface area contributed by atoms with Crippen LogP contribution in [0.1, 0.15) is 20.3 Å². The third-order valence-corrected chi connectivity index (χ3v) is 3.50. The summed E-state index contributed by atoms with van der Waals surface area (Å²) in [6, 6.07) is -0.582. The second-order valence-electron chi connectivity index (χ2n) is 5.20. The van der Waals surface area contributed by atoms with Crippen molar-refractivity contribution in [2.45, 2.75) is 31.9 Å². The normalized spacial score (nSPS) is 25.8. The molecule has 0 aliphatic carbocycles. The lowest BCUT2D eigenvalue weighted by Gasteiger charge is -2.40. The van der Waals surface area contributed by atoms with Gasteiger partial charge in [0.1, 0.15) is 19.2 Å². The van der Waals surface area contributed by atoms with E-state index in [9.17, 15) is 14.4 Å². The molecule has 2 heterocycles. The van der Waals surface area contributed by atoms with Gasteiger partial charge in [0.05, 0.1) is 5.60 Å². The number of hydrogen-bond donors (Lipinski definition) is 2. The summed E-state index contributed by atoms with van der Waals surface area (Å²) in [5.74, 6) is -1.17. The maximum absolute atomic E-state index is 12.1. The van der Waals surface area contributed by atoms with Gasteiger partial charge in [-0.1, -0.05) is 6.92 Å². The van der Waals surface area contributed by atoms with E-state index in [0.29, 0.717) is 19.5 Å². The van der Waals surface area contributed by atoms with Gasteiger partial charge in [-0.25, -0.2) is 0 Å². The van der Waals surface area contributed by atoms with Gasteiger partial charge in [0.25, 0.3) is 0 Å². The summed E-state index contributed by atoms with van der Waals surface area (Å²) in [4.78, 5) is 36.4. The number of ether oxygens (including phenoxy) is 1. The smallest absolute Gasteiger partial charge is 0.249 e. The second-order valence-corrected chi connectivity index (χ2v) is 5.20. The van der Waals surface area contributed by atoms with Crippen LogP contribution in [0, 0.1) is 0 Å². The highest BCUT2D eigenvalue weighted by atomic mass is 16.5. The van der Waals surface area contributed by atoms with E-state index in [1.54, 1.807) is 6.92 Å². The maximum Gasteiger partial charge on any atom is 0.249 e. The minimum Gasteiger partial charge on any atom is -0.363 e. The van der Waals surface area contributed by atoms with Crippen molar-refractivity contribution in [1.82, 2.24) is 15.5 Å². The van der Waals surface area contributed by atoms with E-state index in [1.165, 1.54) is 4.90 Å². The summed E-state index contributed by atoms with van der Waals surface area (Å²) in [5.41, 5.74) is -0.320. The van der Waals surface area contributed by atoms with Crippen LogP contribution in [0.3, 0.4) is 0 Å². The average Bonchev–Trinajstić information content (AvgIpc) is 2.32. The molecule has 0 aromatic heterocycles. The van der Waals surface area contributed by atoms with Crippen molar-refractivity contribution in [3.8, 4) is 0 Å². The first-order valence-electron chi connectivity index (χ1n) is 6.43. The van der Waals surface area contributed by atoms with Gasteiger partial charge >= 0.3 is 0 Å². The summed E-state index contributed by atoms with van der Waals surface area (Å²) in [7, 11) is 0. The molecule has 7 nitrogen and oxygen atoms in total. The standard InChI is InChI=1S/C12H19N3O4/c1-3-8-11(18)14-9(16)4-15(8)10(17)5-19-12(2)6-13-7-12/h8,13H,3-7H2,1-2H3,(H,14,16,18). The number of carbonyl (C=O) groups is 3. The number of hydrogen-bond acceptors (Lipinski definition) is 5. The summed E-state index contributed by atoms with van der Waals surface area (Å²) in [6.07, 6.45) is 0.476. The van der Waals surface area contributed by atoms with Gasteiger partial charge in [-0.3, -0.25) is 19.7 Å². The predicted octanol–water partition coefficient (Wildman–Crippen LogP) is -1.37. The lowest BCUT2D eigenvalue weighted by molar-refractivity contribution is -0.157. The Bertz CT molecular complexity index is 406. The Morgan fingerprint density at radius 2 is 2.16 bits per heavy atom. The van der Waals surface area contributed by atoms with Crippen LogP contribution in [0.15, 0.2) is 0 Å². The molecule has 2 aliphatic rings. The molecule has 0 aromatic carbocycles. The van der Waals surface area contributed by atoms with Crippen molar-refractivity contribution in [3.63, 3.8) is 0 Å². The number of imide groups is 1. The molecule has 0 spiro atoms. The molecule has 106 valence electrons. The van der Waals surface area contributed by atoms with E-state index in [0.717, 1.165) is 0 Å². The zero-order valence-corrected chi connectivity index (χ0v) is 11.2. The Kier molecular flexibility index (Phi) is 3.86. The van der Waals surface area contributed by atoms with E-state index >= 15 is 0 Å².